The summed E-state index contributed by atoms with van der Waals surface area (Å²) in [6.07, 6.45) is 0. The largest absolute Gasteiger partial charge is 0.486 e. The lowest BCUT2D eigenvalue weighted by Gasteiger charge is -2.20. The molecule has 0 saturated carbocycles. The van der Waals surface area contributed by atoms with Gasteiger partial charge in [0.1, 0.15) is 13.2 Å². The van der Waals surface area contributed by atoms with E-state index in [0.29, 0.717) is 36.1 Å². The fraction of sp³-hybridized carbons (Fsp3) is 0.385. The summed E-state index contributed by atoms with van der Waals surface area (Å²) in [6.45, 7) is 2.74. The fourth-order valence-electron chi connectivity index (χ4n) is 2.11. The molecule has 1 aromatic carbocycles. The maximum atomic E-state index is 11.0. The van der Waals surface area contributed by atoms with Gasteiger partial charge in [-0.1, -0.05) is 13.0 Å². The molecule has 0 aliphatic carbocycles. The number of carboxylic acids is 1. The lowest BCUT2D eigenvalue weighted by Crippen LogP contribution is -2.19. The molecular weight excluding hydrogens is 276 g/mol. The topological polar surface area (TPSA) is 99.4 Å². The first-order valence-electron chi connectivity index (χ1n) is 6.55. The van der Waals surface area contributed by atoms with E-state index in [9.17, 15) is 4.79 Å². The highest BCUT2D eigenvalue weighted by Crippen LogP contribution is 2.38. The number of benzene rings is 1. The lowest BCUT2D eigenvalue weighted by atomic mass is 10.1. The molecule has 2 heterocycles. The zero-order chi connectivity index (χ0) is 14.8. The highest BCUT2D eigenvalue weighted by atomic mass is 16.6. The minimum absolute atomic E-state index is 0.183. The van der Waals surface area contributed by atoms with E-state index < -0.39 is 11.9 Å². The monoisotopic (exact) mass is 290 g/mol. The van der Waals surface area contributed by atoms with Crippen LogP contribution in [0.3, 0.4) is 0 Å². The van der Waals surface area contributed by atoms with Crippen molar-refractivity contribution in [2.75, 3.05) is 13.2 Å². The van der Waals surface area contributed by atoms with Crippen molar-refractivity contribution in [3.8, 4) is 22.9 Å². The predicted molar refractivity (Wildman–Crippen MR) is 71.0 cm³/mol. The van der Waals surface area contributed by atoms with Gasteiger partial charge in [-0.05, 0) is 22.6 Å². The van der Waals surface area contributed by atoms with Crippen molar-refractivity contribution in [1.82, 2.24) is 20.2 Å². The van der Waals surface area contributed by atoms with Crippen molar-refractivity contribution < 1.29 is 19.4 Å². The van der Waals surface area contributed by atoms with Crippen LogP contribution in [0.15, 0.2) is 18.2 Å². The van der Waals surface area contributed by atoms with Gasteiger partial charge in [0, 0.05) is 0 Å². The number of hydrogen-bond acceptors (Lipinski definition) is 6. The second-order valence-electron chi connectivity index (χ2n) is 4.75. The maximum absolute atomic E-state index is 11.0. The van der Waals surface area contributed by atoms with Crippen LogP contribution in [0, 0.1) is 5.92 Å². The second kappa shape index (κ2) is 5.39. The van der Waals surface area contributed by atoms with Gasteiger partial charge in [0.25, 0.3) is 0 Å². The SMILES string of the molecule is CC(Cn1nnnc1-c1cccc2c1OCCO2)C(=O)O. The first kappa shape index (κ1) is 13.3. The van der Waals surface area contributed by atoms with Crippen molar-refractivity contribution in [2.45, 2.75) is 13.5 Å². The third kappa shape index (κ3) is 2.51. The molecule has 1 N–H and O–H groups in total. The second-order valence-corrected chi connectivity index (χ2v) is 4.75. The number of ether oxygens (including phenoxy) is 2. The zero-order valence-electron chi connectivity index (χ0n) is 11.4. The Morgan fingerprint density at radius 3 is 3.05 bits per heavy atom. The van der Waals surface area contributed by atoms with Crippen LogP contribution >= 0.6 is 0 Å². The molecular formula is C13H14N4O4. The summed E-state index contributed by atoms with van der Waals surface area (Å²) in [6, 6.07) is 5.45. The number of nitrogens with zero attached hydrogens (tertiary/aromatic N) is 4. The van der Waals surface area contributed by atoms with E-state index in [1.165, 1.54) is 4.68 Å². The minimum atomic E-state index is -0.897. The van der Waals surface area contributed by atoms with Gasteiger partial charge in [0.2, 0.25) is 0 Å². The third-order valence-corrected chi connectivity index (χ3v) is 3.21. The molecule has 8 nitrogen and oxygen atoms in total. The first-order chi connectivity index (χ1) is 10.2. The molecule has 0 bridgehead atoms. The Morgan fingerprint density at radius 1 is 1.43 bits per heavy atom. The van der Waals surface area contributed by atoms with E-state index in [1.807, 2.05) is 18.2 Å². The first-order valence-corrected chi connectivity index (χ1v) is 6.55. The molecule has 0 radical (unpaired) electrons. The average molecular weight is 290 g/mol. The van der Waals surface area contributed by atoms with Crippen LogP contribution in [0.25, 0.3) is 11.4 Å². The molecule has 2 aromatic rings. The van der Waals surface area contributed by atoms with Crippen molar-refractivity contribution in [1.29, 1.82) is 0 Å². The predicted octanol–water partition coefficient (Wildman–Crippen LogP) is 0.832. The average Bonchev–Trinajstić information content (AvgIpc) is 2.94. The summed E-state index contributed by atoms with van der Waals surface area (Å²) in [7, 11) is 0. The van der Waals surface area contributed by atoms with E-state index in [1.54, 1.807) is 6.92 Å². The Bertz CT molecular complexity index is 670. The van der Waals surface area contributed by atoms with Crippen molar-refractivity contribution >= 4 is 5.97 Å². The highest BCUT2D eigenvalue weighted by Gasteiger charge is 2.22. The quantitative estimate of drug-likeness (QED) is 0.890. The lowest BCUT2D eigenvalue weighted by molar-refractivity contribution is -0.141. The summed E-state index contributed by atoms with van der Waals surface area (Å²) < 4.78 is 12.6. The highest BCUT2D eigenvalue weighted by molar-refractivity contribution is 5.70. The molecule has 8 heteroatoms. The van der Waals surface area contributed by atoms with Crippen LogP contribution in [0.1, 0.15) is 6.92 Å². The van der Waals surface area contributed by atoms with Gasteiger partial charge in [-0.15, -0.1) is 5.10 Å². The van der Waals surface area contributed by atoms with Crippen molar-refractivity contribution in [2.24, 2.45) is 5.92 Å². The van der Waals surface area contributed by atoms with Crippen LogP contribution in [0.2, 0.25) is 0 Å². The van der Waals surface area contributed by atoms with Gasteiger partial charge in [0.05, 0.1) is 18.0 Å². The number of carbonyl (C=O) groups is 1. The molecule has 3 rings (SSSR count). The van der Waals surface area contributed by atoms with Gasteiger partial charge < -0.3 is 14.6 Å². The maximum Gasteiger partial charge on any atom is 0.308 e. The molecule has 0 fully saturated rings. The molecule has 0 saturated heterocycles. The Labute approximate surface area is 120 Å². The molecule has 0 amide bonds. The molecule has 1 aromatic heterocycles. The molecule has 1 aliphatic rings. The number of hydrogen-bond donors (Lipinski definition) is 1. The molecule has 1 atom stereocenters. The fourth-order valence-corrected chi connectivity index (χ4v) is 2.11. The molecule has 21 heavy (non-hydrogen) atoms. The summed E-state index contributed by atoms with van der Waals surface area (Å²) >= 11 is 0. The number of aromatic nitrogens is 4. The van der Waals surface area contributed by atoms with Crippen LogP contribution in [0.4, 0.5) is 0 Å². The number of rotatable bonds is 4. The van der Waals surface area contributed by atoms with Gasteiger partial charge in [-0.25, -0.2) is 4.68 Å². The van der Waals surface area contributed by atoms with Crippen LogP contribution < -0.4 is 9.47 Å². The Balaban J connectivity index is 1.98. The van der Waals surface area contributed by atoms with E-state index >= 15 is 0 Å². The molecule has 1 unspecified atom stereocenters. The van der Waals surface area contributed by atoms with Crippen LogP contribution in [-0.4, -0.2) is 44.5 Å². The van der Waals surface area contributed by atoms with Gasteiger partial charge in [0.15, 0.2) is 17.3 Å². The number of fused-ring (bicyclic) bond motifs is 1. The number of tetrazole rings is 1. The zero-order valence-corrected chi connectivity index (χ0v) is 11.4. The van der Waals surface area contributed by atoms with Crippen molar-refractivity contribution in [3.63, 3.8) is 0 Å². The summed E-state index contributed by atoms with van der Waals surface area (Å²) in [5.41, 5.74) is 0.690. The van der Waals surface area contributed by atoms with E-state index in [2.05, 4.69) is 15.5 Å². The van der Waals surface area contributed by atoms with E-state index in [4.69, 9.17) is 14.6 Å². The molecule has 1 aliphatic heterocycles. The number of carboxylic acid groups (broad SMARTS) is 1. The van der Waals surface area contributed by atoms with E-state index in [0.717, 1.165) is 0 Å². The third-order valence-electron chi connectivity index (χ3n) is 3.21. The minimum Gasteiger partial charge on any atom is -0.486 e. The summed E-state index contributed by atoms with van der Waals surface area (Å²) in [4.78, 5) is 11.0. The van der Waals surface area contributed by atoms with Gasteiger partial charge >= 0.3 is 5.97 Å². The smallest absolute Gasteiger partial charge is 0.308 e. The number of aliphatic carboxylic acids is 1. The summed E-state index contributed by atoms with van der Waals surface area (Å²) in [5.74, 6) is 0.197. The normalized spacial score (nSPS) is 14.7. The van der Waals surface area contributed by atoms with Crippen LogP contribution in [-0.2, 0) is 11.3 Å². The van der Waals surface area contributed by atoms with Gasteiger partial charge in [-0.2, -0.15) is 0 Å². The molecule has 0 spiro atoms. The Morgan fingerprint density at radius 2 is 2.24 bits per heavy atom. The van der Waals surface area contributed by atoms with Crippen molar-refractivity contribution in [3.05, 3.63) is 18.2 Å². The number of para-hydroxylation sites is 1. The Kier molecular flexibility index (Phi) is 3.43. The molecule has 110 valence electrons. The van der Waals surface area contributed by atoms with Gasteiger partial charge in [-0.3, -0.25) is 4.79 Å². The van der Waals surface area contributed by atoms with Crippen LogP contribution in [0.5, 0.6) is 11.5 Å². The standard InChI is InChI=1S/C13H14N4O4/c1-8(13(18)19)7-17-12(14-15-16-17)9-3-2-4-10-11(9)21-6-5-20-10/h2-4,8H,5-7H2,1H3,(H,18,19). The van der Waals surface area contributed by atoms with E-state index in [-0.39, 0.29) is 6.54 Å². The Hall–Kier alpha value is -2.64. The summed E-state index contributed by atoms with van der Waals surface area (Å²) in [5, 5.41) is 20.5.